The fourth-order valence-corrected chi connectivity index (χ4v) is 5.30. The summed E-state index contributed by atoms with van der Waals surface area (Å²) < 4.78 is 5.42. The summed E-state index contributed by atoms with van der Waals surface area (Å²) in [4.78, 5) is 19.2. The Hall–Kier alpha value is -2.31. The third-order valence-electron chi connectivity index (χ3n) is 6.07. The maximum atomic E-state index is 12.7. The standard InChI is InChI=1S/C21H23N3O2S/c1-26-14-4-5-17-16(13-14)15-6-9-22-21(19(15)23-17)7-10-24(11-8-21)20(25)18-3-2-12-27-18/h2-5,12-13,22-23H,6-11H2,1H3. The van der Waals surface area contributed by atoms with Crippen molar-refractivity contribution >= 4 is 28.1 Å². The number of likely N-dealkylation sites (tertiary alicyclic amines) is 1. The average Bonchev–Trinajstić information content (AvgIpc) is 3.37. The molecular formula is C21H23N3O2S. The van der Waals surface area contributed by atoms with Crippen LogP contribution in [0.25, 0.3) is 10.9 Å². The zero-order valence-corrected chi connectivity index (χ0v) is 16.2. The largest absolute Gasteiger partial charge is 0.497 e. The minimum absolute atomic E-state index is 0.0634. The molecule has 0 unspecified atom stereocenters. The Morgan fingerprint density at radius 3 is 2.85 bits per heavy atom. The van der Waals surface area contributed by atoms with Crippen molar-refractivity contribution in [3.05, 3.63) is 51.8 Å². The number of nitrogens with zero attached hydrogens (tertiary/aromatic N) is 1. The van der Waals surface area contributed by atoms with E-state index in [2.05, 4.69) is 22.4 Å². The molecule has 1 spiro atoms. The number of methoxy groups -OCH3 is 1. The van der Waals surface area contributed by atoms with Gasteiger partial charge in [0.2, 0.25) is 0 Å². The number of fused-ring (bicyclic) bond motifs is 4. The molecule has 140 valence electrons. The molecule has 1 saturated heterocycles. The van der Waals surface area contributed by atoms with Crippen LogP contribution in [0.5, 0.6) is 5.75 Å². The number of rotatable bonds is 2. The number of thiophene rings is 1. The van der Waals surface area contributed by atoms with Gasteiger partial charge in [0.05, 0.1) is 17.5 Å². The quantitative estimate of drug-likeness (QED) is 0.714. The van der Waals surface area contributed by atoms with E-state index in [1.165, 1.54) is 33.5 Å². The highest BCUT2D eigenvalue weighted by atomic mass is 32.1. The molecule has 2 N–H and O–H groups in total. The fourth-order valence-electron chi connectivity index (χ4n) is 4.61. The van der Waals surface area contributed by atoms with Crippen LogP contribution in [-0.4, -0.2) is 42.5 Å². The summed E-state index contributed by atoms with van der Waals surface area (Å²) in [6.07, 6.45) is 2.88. The summed E-state index contributed by atoms with van der Waals surface area (Å²) in [7, 11) is 1.71. The van der Waals surface area contributed by atoms with E-state index >= 15 is 0 Å². The van der Waals surface area contributed by atoms with E-state index in [0.29, 0.717) is 0 Å². The maximum absolute atomic E-state index is 12.7. The molecule has 5 nitrogen and oxygen atoms in total. The SMILES string of the molecule is COc1ccc2[nH]c3c(c2c1)CCNC31CCN(C(=O)c2cccs2)CC1. The Labute approximate surface area is 162 Å². The van der Waals surface area contributed by atoms with E-state index in [9.17, 15) is 4.79 Å². The van der Waals surface area contributed by atoms with Gasteiger partial charge in [-0.2, -0.15) is 0 Å². The molecule has 2 aromatic heterocycles. The number of piperidine rings is 1. The van der Waals surface area contributed by atoms with Crippen LogP contribution < -0.4 is 10.1 Å². The molecule has 2 aliphatic rings. The van der Waals surface area contributed by atoms with Crippen LogP contribution in [0.15, 0.2) is 35.7 Å². The zero-order chi connectivity index (χ0) is 18.4. The van der Waals surface area contributed by atoms with Crippen LogP contribution >= 0.6 is 11.3 Å². The molecule has 1 amide bonds. The molecule has 5 rings (SSSR count). The molecule has 1 fully saturated rings. The van der Waals surface area contributed by atoms with E-state index in [-0.39, 0.29) is 11.4 Å². The minimum atomic E-state index is -0.0634. The van der Waals surface area contributed by atoms with Gasteiger partial charge in [-0.3, -0.25) is 4.79 Å². The van der Waals surface area contributed by atoms with Crippen molar-refractivity contribution in [2.45, 2.75) is 24.8 Å². The summed E-state index contributed by atoms with van der Waals surface area (Å²) in [5, 5.41) is 7.01. The van der Waals surface area contributed by atoms with E-state index in [0.717, 1.165) is 49.5 Å². The Balaban J connectivity index is 1.45. The summed E-state index contributed by atoms with van der Waals surface area (Å²) in [5.41, 5.74) is 3.81. The Bertz CT molecular complexity index is 984. The zero-order valence-electron chi connectivity index (χ0n) is 15.4. The molecule has 6 heteroatoms. The van der Waals surface area contributed by atoms with E-state index in [1.807, 2.05) is 28.5 Å². The molecule has 0 aliphatic carbocycles. The van der Waals surface area contributed by atoms with Crippen molar-refractivity contribution in [2.75, 3.05) is 26.7 Å². The molecule has 4 heterocycles. The summed E-state index contributed by atoms with van der Waals surface area (Å²) >= 11 is 1.52. The van der Waals surface area contributed by atoms with Crippen molar-refractivity contribution in [3.63, 3.8) is 0 Å². The highest BCUT2D eigenvalue weighted by Crippen LogP contribution is 2.41. The van der Waals surface area contributed by atoms with Crippen molar-refractivity contribution < 1.29 is 9.53 Å². The Morgan fingerprint density at radius 2 is 2.11 bits per heavy atom. The third-order valence-corrected chi connectivity index (χ3v) is 6.92. The summed E-state index contributed by atoms with van der Waals surface area (Å²) in [6, 6.07) is 10.1. The van der Waals surface area contributed by atoms with Gasteiger partial charge in [0.25, 0.3) is 5.91 Å². The first-order chi connectivity index (χ1) is 13.2. The number of ether oxygens (including phenoxy) is 1. The number of nitrogens with one attached hydrogen (secondary N) is 2. The van der Waals surface area contributed by atoms with Gasteiger partial charge in [-0.15, -0.1) is 11.3 Å². The molecular weight excluding hydrogens is 358 g/mol. The second-order valence-electron chi connectivity index (χ2n) is 7.42. The number of hydrogen-bond donors (Lipinski definition) is 2. The number of hydrogen-bond acceptors (Lipinski definition) is 4. The van der Waals surface area contributed by atoms with Gasteiger partial charge in [0.1, 0.15) is 5.75 Å². The van der Waals surface area contributed by atoms with Crippen molar-refractivity contribution in [3.8, 4) is 5.75 Å². The maximum Gasteiger partial charge on any atom is 0.263 e. The van der Waals surface area contributed by atoms with E-state index < -0.39 is 0 Å². The highest BCUT2D eigenvalue weighted by molar-refractivity contribution is 7.12. The van der Waals surface area contributed by atoms with Crippen LogP contribution in [0.3, 0.4) is 0 Å². The molecule has 27 heavy (non-hydrogen) atoms. The molecule has 1 aromatic carbocycles. The molecule has 0 radical (unpaired) electrons. The van der Waals surface area contributed by atoms with Gasteiger partial charge >= 0.3 is 0 Å². The average molecular weight is 382 g/mol. The molecule has 0 atom stereocenters. The fraction of sp³-hybridized carbons (Fsp3) is 0.381. The minimum Gasteiger partial charge on any atom is -0.497 e. The number of carbonyl (C=O) groups excluding carboxylic acids is 1. The van der Waals surface area contributed by atoms with Gasteiger partial charge < -0.3 is 19.9 Å². The summed E-state index contributed by atoms with van der Waals surface area (Å²) in [6.45, 7) is 2.53. The molecule has 0 bridgehead atoms. The van der Waals surface area contributed by atoms with Gasteiger partial charge in [-0.05, 0) is 54.5 Å². The molecule has 2 aliphatic heterocycles. The van der Waals surface area contributed by atoms with E-state index in [4.69, 9.17) is 4.74 Å². The van der Waals surface area contributed by atoms with Crippen LogP contribution in [-0.2, 0) is 12.0 Å². The van der Waals surface area contributed by atoms with Gasteiger partial charge in [0, 0.05) is 36.2 Å². The van der Waals surface area contributed by atoms with Gasteiger partial charge in [-0.1, -0.05) is 6.07 Å². The lowest BCUT2D eigenvalue weighted by Crippen LogP contribution is -2.55. The Morgan fingerprint density at radius 1 is 1.26 bits per heavy atom. The smallest absolute Gasteiger partial charge is 0.263 e. The monoisotopic (exact) mass is 381 g/mol. The molecule has 3 aromatic rings. The predicted molar refractivity (Wildman–Crippen MR) is 108 cm³/mol. The summed E-state index contributed by atoms with van der Waals surface area (Å²) in [5.74, 6) is 1.06. The van der Waals surface area contributed by atoms with E-state index in [1.54, 1.807) is 7.11 Å². The molecule has 0 saturated carbocycles. The Kier molecular flexibility index (Phi) is 3.98. The van der Waals surface area contributed by atoms with Crippen molar-refractivity contribution in [2.24, 2.45) is 0 Å². The second-order valence-corrected chi connectivity index (χ2v) is 8.37. The van der Waals surface area contributed by atoms with Crippen LogP contribution in [0, 0.1) is 0 Å². The first-order valence-electron chi connectivity index (χ1n) is 9.47. The number of benzene rings is 1. The second kappa shape index (κ2) is 6.39. The van der Waals surface area contributed by atoms with Gasteiger partial charge in [0.15, 0.2) is 0 Å². The lowest BCUT2D eigenvalue weighted by Gasteiger charge is -2.44. The lowest BCUT2D eigenvalue weighted by molar-refractivity contribution is 0.0631. The van der Waals surface area contributed by atoms with Crippen LogP contribution in [0.2, 0.25) is 0 Å². The first kappa shape index (κ1) is 16.8. The normalized spacial score (nSPS) is 18.6. The predicted octanol–water partition coefficient (Wildman–Crippen LogP) is 3.52. The van der Waals surface area contributed by atoms with Crippen molar-refractivity contribution in [1.29, 1.82) is 0 Å². The first-order valence-corrected chi connectivity index (χ1v) is 10.3. The number of amides is 1. The number of aromatic nitrogens is 1. The highest BCUT2D eigenvalue weighted by Gasteiger charge is 2.42. The number of carbonyl (C=O) groups is 1. The van der Waals surface area contributed by atoms with Crippen LogP contribution in [0.4, 0.5) is 0 Å². The number of aromatic amines is 1. The van der Waals surface area contributed by atoms with Crippen LogP contribution in [0.1, 0.15) is 33.8 Å². The third kappa shape index (κ3) is 2.66. The number of H-pyrrole nitrogens is 1. The topological polar surface area (TPSA) is 57.4 Å². The van der Waals surface area contributed by atoms with Gasteiger partial charge in [-0.25, -0.2) is 0 Å². The van der Waals surface area contributed by atoms with Crippen molar-refractivity contribution in [1.82, 2.24) is 15.2 Å². The lowest BCUT2D eigenvalue weighted by atomic mass is 9.79.